The highest BCUT2D eigenvalue weighted by Gasteiger charge is 2.42. The molecule has 2 amide bonds. The number of nitrogens with zero attached hydrogens (tertiary/aromatic N) is 1. The molecule has 1 atom stereocenters. The van der Waals surface area contributed by atoms with Crippen molar-refractivity contribution in [3.8, 4) is 5.75 Å². The third-order valence-corrected chi connectivity index (χ3v) is 4.93. The highest BCUT2D eigenvalue weighted by molar-refractivity contribution is 6.30. The molecule has 8 heteroatoms. The van der Waals surface area contributed by atoms with Gasteiger partial charge in [-0.1, -0.05) is 11.6 Å². The maximum atomic E-state index is 13.1. The predicted octanol–water partition coefficient (Wildman–Crippen LogP) is 2.84. The Balaban J connectivity index is 1.45. The van der Waals surface area contributed by atoms with Crippen LogP contribution >= 0.6 is 11.6 Å². The van der Waals surface area contributed by atoms with Gasteiger partial charge >= 0.3 is 6.03 Å². The van der Waals surface area contributed by atoms with Crippen LogP contribution in [0.4, 0.5) is 9.18 Å². The molecule has 2 saturated heterocycles. The summed E-state index contributed by atoms with van der Waals surface area (Å²) in [5, 5.41) is 2.87. The number of hydrogen-bond donors (Lipinski definition) is 1. The molecule has 0 radical (unpaired) electrons. The molecule has 0 bridgehead atoms. The molecule has 2 aliphatic heterocycles. The fourth-order valence-corrected chi connectivity index (χ4v) is 3.57. The van der Waals surface area contributed by atoms with Gasteiger partial charge in [-0.2, -0.15) is 0 Å². The Bertz CT molecular complexity index is 640. The lowest BCUT2D eigenvalue weighted by atomic mass is 9.91. The van der Waals surface area contributed by atoms with Crippen LogP contribution in [0.25, 0.3) is 0 Å². The van der Waals surface area contributed by atoms with Gasteiger partial charge in [-0.05, 0) is 19.1 Å². The zero-order valence-corrected chi connectivity index (χ0v) is 15.6. The number of benzene rings is 1. The van der Waals surface area contributed by atoms with Crippen LogP contribution < -0.4 is 10.1 Å². The summed E-state index contributed by atoms with van der Waals surface area (Å²) in [4.78, 5) is 14.3. The molecule has 2 fully saturated rings. The van der Waals surface area contributed by atoms with E-state index < -0.39 is 5.82 Å². The van der Waals surface area contributed by atoms with Gasteiger partial charge in [0.25, 0.3) is 0 Å². The lowest BCUT2D eigenvalue weighted by molar-refractivity contribution is -0.175. The Morgan fingerprint density at radius 1 is 1.46 bits per heavy atom. The Hall–Kier alpha value is -1.57. The van der Waals surface area contributed by atoms with Gasteiger partial charge in [-0.3, -0.25) is 0 Å². The smallest absolute Gasteiger partial charge is 0.317 e. The predicted molar refractivity (Wildman–Crippen MR) is 95.2 cm³/mol. The first kappa shape index (κ1) is 19.2. The minimum atomic E-state index is -0.490. The van der Waals surface area contributed by atoms with Crippen LogP contribution in [-0.2, 0) is 9.47 Å². The number of urea groups is 1. The van der Waals surface area contributed by atoms with Gasteiger partial charge < -0.3 is 24.4 Å². The third-order valence-electron chi connectivity index (χ3n) is 4.64. The molecule has 1 aromatic rings. The lowest BCUT2D eigenvalue weighted by Crippen LogP contribution is -2.60. The second kappa shape index (κ2) is 8.41. The third kappa shape index (κ3) is 4.78. The zero-order chi connectivity index (χ0) is 18.6. The van der Waals surface area contributed by atoms with Gasteiger partial charge in [0.1, 0.15) is 18.2 Å². The Kier molecular flexibility index (Phi) is 6.21. The summed E-state index contributed by atoms with van der Waals surface area (Å²) in [6.07, 6.45) is 1.59. The van der Waals surface area contributed by atoms with Gasteiger partial charge in [0, 0.05) is 38.7 Å². The summed E-state index contributed by atoms with van der Waals surface area (Å²) in [7, 11) is 0. The molecule has 1 aromatic carbocycles. The standard InChI is InChI=1S/C18H24ClFN2O4/c1-13-11-22(12-18(26-13)4-7-24-8-5-18)17(23)21-6-9-25-14-2-3-16(20)15(19)10-14/h2-3,10,13H,4-9,11-12H2,1H3,(H,21,23). The van der Waals surface area contributed by atoms with E-state index in [9.17, 15) is 9.18 Å². The van der Waals surface area contributed by atoms with E-state index in [1.54, 1.807) is 4.90 Å². The van der Waals surface area contributed by atoms with E-state index >= 15 is 0 Å². The van der Waals surface area contributed by atoms with Gasteiger partial charge in [-0.15, -0.1) is 0 Å². The molecule has 0 aromatic heterocycles. The molecule has 26 heavy (non-hydrogen) atoms. The topological polar surface area (TPSA) is 60.0 Å². The van der Waals surface area contributed by atoms with Crippen molar-refractivity contribution >= 4 is 17.6 Å². The average molecular weight is 387 g/mol. The maximum Gasteiger partial charge on any atom is 0.317 e. The minimum Gasteiger partial charge on any atom is -0.492 e. The summed E-state index contributed by atoms with van der Waals surface area (Å²) in [5.74, 6) is -0.0254. The molecule has 144 valence electrons. The van der Waals surface area contributed by atoms with E-state index in [-0.39, 0.29) is 29.4 Å². The minimum absolute atomic E-state index is 0.00907. The number of halogens is 2. The van der Waals surface area contributed by atoms with E-state index in [0.29, 0.717) is 38.6 Å². The SMILES string of the molecule is CC1CN(C(=O)NCCOc2ccc(F)c(Cl)c2)CC2(CCOCC2)O1. The van der Waals surface area contributed by atoms with Crippen LogP contribution in [0.3, 0.4) is 0 Å². The second-order valence-electron chi connectivity index (χ2n) is 6.76. The first-order valence-corrected chi connectivity index (χ1v) is 9.21. The van der Waals surface area contributed by atoms with Crippen LogP contribution in [-0.4, -0.2) is 62.1 Å². The van der Waals surface area contributed by atoms with Gasteiger partial charge in [0.2, 0.25) is 0 Å². The molecular formula is C18H24ClFN2O4. The molecule has 6 nitrogen and oxygen atoms in total. The number of nitrogens with one attached hydrogen (secondary N) is 1. The summed E-state index contributed by atoms with van der Waals surface area (Å²) in [5.41, 5.74) is -0.297. The normalized spacial score (nSPS) is 22.3. The van der Waals surface area contributed by atoms with E-state index in [2.05, 4.69) is 5.32 Å². The molecule has 1 spiro atoms. The largest absolute Gasteiger partial charge is 0.492 e. The van der Waals surface area contributed by atoms with E-state index in [1.807, 2.05) is 6.92 Å². The van der Waals surface area contributed by atoms with Crippen molar-refractivity contribution in [2.24, 2.45) is 0 Å². The van der Waals surface area contributed by atoms with Crippen LogP contribution in [0.2, 0.25) is 5.02 Å². The van der Waals surface area contributed by atoms with E-state index in [4.69, 9.17) is 25.8 Å². The number of morpholine rings is 1. The second-order valence-corrected chi connectivity index (χ2v) is 7.17. The summed E-state index contributed by atoms with van der Waals surface area (Å²) in [6, 6.07) is 4.03. The number of hydrogen-bond acceptors (Lipinski definition) is 4. The van der Waals surface area contributed by atoms with Crippen LogP contribution in [0, 0.1) is 5.82 Å². The molecular weight excluding hydrogens is 363 g/mol. The highest BCUT2D eigenvalue weighted by Crippen LogP contribution is 2.31. The lowest BCUT2D eigenvalue weighted by Gasteiger charge is -2.47. The molecule has 1 unspecified atom stereocenters. The fourth-order valence-electron chi connectivity index (χ4n) is 3.40. The quantitative estimate of drug-likeness (QED) is 0.808. The number of amides is 2. The summed E-state index contributed by atoms with van der Waals surface area (Å²) < 4.78 is 30.1. The number of carbonyl (C=O) groups excluding carboxylic acids is 1. The number of rotatable bonds is 4. The molecule has 2 aliphatic rings. The van der Waals surface area contributed by atoms with E-state index in [1.165, 1.54) is 18.2 Å². The van der Waals surface area contributed by atoms with Crippen molar-refractivity contribution in [1.29, 1.82) is 0 Å². The van der Waals surface area contributed by atoms with Gasteiger partial charge in [0.05, 0.1) is 29.8 Å². The van der Waals surface area contributed by atoms with Gasteiger partial charge in [-0.25, -0.2) is 9.18 Å². The summed E-state index contributed by atoms with van der Waals surface area (Å²) >= 11 is 5.71. The van der Waals surface area contributed by atoms with Crippen molar-refractivity contribution in [3.63, 3.8) is 0 Å². The highest BCUT2D eigenvalue weighted by atomic mass is 35.5. The Morgan fingerprint density at radius 3 is 2.96 bits per heavy atom. The van der Waals surface area contributed by atoms with E-state index in [0.717, 1.165) is 12.8 Å². The monoisotopic (exact) mass is 386 g/mol. The first-order valence-electron chi connectivity index (χ1n) is 8.84. The number of ether oxygens (including phenoxy) is 3. The van der Waals surface area contributed by atoms with Crippen LogP contribution in [0.1, 0.15) is 19.8 Å². The maximum absolute atomic E-state index is 13.1. The Labute approximate surface area is 157 Å². The van der Waals surface area contributed by atoms with Gasteiger partial charge in [0.15, 0.2) is 0 Å². The van der Waals surface area contributed by atoms with Crippen molar-refractivity contribution < 1.29 is 23.4 Å². The van der Waals surface area contributed by atoms with Crippen molar-refractivity contribution in [1.82, 2.24) is 10.2 Å². The molecule has 2 heterocycles. The fraction of sp³-hybridized carbons (Fsp3) is 0.611. The van der Waals surface area contributed by atoms with Crippen LogP contribution in [0.5, 0.6) is 5.75 Å². The molecule has 1 N–H and O–H groups in total. The van der Waals surface area contributed by atoms with Crippen molar-refractivity contribution in [2.45, 2.75) is 31.5 Å². The average Bonchev–Trinajstić information content (AvgIpc) is 2.61. The van der Waals surface area contributed by atoms with Crippen molar-refractivity contribution in [2.75, 3.05) is 39.5 Å². The first-order chi connectivity index (χ1) is 12.5. The molecule has 0 saturated carbocycles. The van der Waals surface area contributed by atoms with Crippen molar-refractivity contribution in [3.05, 3.63) is 29.0 Å². The summed E-state index contributed by atoms with van der Waals surface area (Å²) in [6.45, 7) is 5.05. The molecule has 0 aliphatic carbocycles. The zero-order valence-electron chi connectivity index (χ0n) is 14.8. The molecule has 3 rings (SSSR count). The Morgan fingerprint density at radius 2 is 2.23 bits per heavy atom. The van der Waals surface area contributed by atoms with Crippen LogP contribution in [0.15, 0.2) is 18.2 Å². The number of carbonyl (C=O) groups is 1.